The molecule has 0 aromatic heterocycles. The molecular formula is C19H19N3O6S. The van der Waals surface area contributed by atoms with Gasteiger partial charge in [-0.25, -0.2) is 8.42 Å². The number of carbonyl (C=O) groups excluding carboxylic acids is 2. The van der Waals surface area contributed by atoms with E-state index in [1.807, 2.05) is 30.3 Å². The highest BCUT2D eigenvalue weighted by Gasteiger charge is 2.38. The standard InChI is InChI=1S/C19H19N3O6S/c1-14-7-8-16(11-17(14)22(25)26)29(27,28)20-12-18(23)21(19(24)13-20)10-9-15-5-3-2-4-6-15/h2-8,11H,9-10,12-13H2,1H3. The first-order chi connectivity index (χ1) is 13.7. The van der Waals surface area contributed by atoms with Gasteiger partial charge >= 0.3 is 0 Å². The van der Waals surface area contributed by atoms with Crippen molar-refractivity contribution in [1.29, 1.82) is 0 Å². The predicted molar refractivity (Wildman–Crippen MR) is 103 cm³/mol. The molecule has 10 heteroatoms. The van der Waals surface area contributed by atoms with E-state index in [1.165, 1.54) is 19.1 Å². The molecule has 152 valence electrons. The molecule has 0 N–H and O–H groups in total. The predicted octanol–water partition coefficient (Wildman–Crippen LogP) is 1.51. The highest BCUT2D eigenvalue weighted by molar-refractivity contribution is 7.89. The van der Waals surface area contributed by atoms with Crippen LogP contribution >= 0.6 is 0 Å². The van der Waals surface area contributed by atoms with Crippen LogP contribution in [0.5, 0.6) is 0 Å². The molecule has 0 unspecified atom stereocenters. The van der Waals surface area contributed by atoms with Gasteiger partial charge in [0.05, 0.1) is 22.9 Å². The van der Waals surface area contributed by atoms with Crippen LogP contribution in [0.2, 0.25) is 0 Å². The zero-order valence-electron chi connectivity index (χ0n) is 15.6. The van der Waals surface area contributed by atoms with Gasteiger partial charge in [0.2, 0.25) is 21.8 Å². The van der Waals surface area contributed by atoms with E-state index in [0.717, 1.165) is 20.8 Å². The summed E-state index contributed by atoms with van der Waals surface area (Å²) in [5.41, 5.74) is 0.923. The summed E-state index contributed by atoms with van der Waals surface area (Å²) in [4.78, 5) is 36.0. The van der Waals surface area contributed by atoms with Crippen molar-refractivity contribution in [3.63, 3.8) is 0 Å². The van der Waals surface area contributed by atoms with Crippen LogP contribution in [0.4, 0.5) is 5.69 Å². The molecule has 0 atom stereocenters. The number of amides is 2. The number of imide groups is 1. The van der Waals surface area contributed by atoms with Gasteiger partial charge in [0.1, 0.15) is 0 Å². The molecule has 1 saturated heterocycles. The first kappa shape index (κ1) is 20.6. The lowest BCUT2D eigenvalue weighted by molar-refractivity contribution is -0.385. The smallest absolute Gasteiger partial charge is 0.273 e. The highest BCUT2D eigenvalue weighted by Crippen LogP contribution is 2.25. The van der Waals surface area contributed by atoms with Gasteiger partial charge in [0.15, 0.2) is 0 Å². The maximum absolute atomic E-state index is 12.8. The number of sulfonamides is 1. The summed E-state index contributed by atoms with van der Waals surface area (Å²) in [7, 11) is -4.23. The largest absolute Gasteiger partial charge is 0.280 e. The minimum atomic E-state index is -4.23. The Kier molecular flexibility index (Phi) is 5.76. The summed E-state index contributed by atoms with van der Waals surface area (Å²) >= 11 is 0. The van der Waals surface area contributed by atoms with Crippen molar-refractivity contribution in [3.05, 3.63) is 69.8 Å². The molecule has 9 nitrogen and oxygen atoms in total. The second kappa shape index (κ2) is 8.10. The molecule has 1 aliphatic rings. The summed E-state index contributed by atoms with van der Waals surface area (Å²) in [6.45, 7) is 0.660. The van der Waals surface area contributed by atoms with E-state index in [4.69, 9.17) is 0 Å². The van der Waals surface area contributed by atoms with Gasteiger partial charge in [0.25, 0.3) is 5.69 Å². The molecule has 29 heavy (non-hydrogen) atoms. The number of nitro benzene ring substituents is 1. The molecule has 0 saturated carbocycles. The molecule has 0 bridgehead atoms. The van der Waals surface area contributed by atoms with Crippen LogP contribution in [-0.4, -0.2) is 54.0 Å². The minimum absolute atomic E-state index is 0.158. The Labute approximate surface area is 167 Å². The fraction of sp³-hybridized carbons (Fsp3) is 0.263. The maximum Gasteiger partial charge on any atom is 0.273 e. The average molecular weight is 417 g/mol. The molecule has 1 heterocycles. The number of aryl methyl sites for hydroxylation is 1. The van der Waals surface area contributed by atoms with Gasteiger partial charge in [-0.15, -0.1) is 0 Å². The summed E-state index contributed by atoms with van der Waals surface area (Å²) in [5.74, 6) is -1.25. The Morgan fingerprint density at radius 2 is 1.66 bits per heavy atom. The number of piperazine rings is 1. The fourth-order valence-electron chi connectivity index (χ4n) is 3.07. The van der Waals surface area contributed by atoms with E-state index in [0.29, 0.717) is 12.0 Å². The van der Waals surface area contributed by atoms with Gasteiger partial charge in [0, 0.05) is 18.2 Å². The van der Waals surface area contributed by atoms with Gasteiger partial charge in [-0.05, 0) is 25.0 Å². The SMILES string of the molecule is Cc1ccc(S(=O)(=O)N2CC(=O)N(CCc3ccccc3)C(=O)C2)cc1[N+](=O)[O-]. The molecule has 1 fully saturated rings. The van der Waals surface area contributed by atoms with Crippen molar-refractivity contribution < 1.29 is 22.9 Å². The van der Waals surface area contributed by atoms with Gasteiger partial charge in [-0.3, -0.25) is 24.6 Å². The van der Waals surface area contributed by atoms with E-state index >= 15 is 0 Å². The highest BCUT2D eigenvalue weighted by atomic mass is 32.2. The number of benzene rings is 2. The number of nitrogens with zero attached hydrogens (tertiary/aromatic N) is 3. The second-order valence-corrected chi connectivity index (χ2v) is 8.59. The van der Waals surface area contributed by atoms with E-state index in [2.05, 4.69) is 0 Å². The van der Waals surface area contributed by atoms with E-state index in [1.54, 1.807) is 0 Å². The molecule has 0 spiro atoms. The van der Waals surface area contributed by atoms with Gasteiger partial charge < -0.3 is 0 Å². The normalized spacial score (nSPS) is 15.6. The van der Waals surface area contributed by atoms with Crippen LogP contribution in [0, 0.1) is 17.0 Å². The van der Waals surface area contributed by atoms with Crippen LogP contribution in [0.3, 0.4) is 0 Å². The zero-order chi connectivity index (χ0) is 21.2. The minimum Gasteiger partial charge on any atom is -0.280 e. The third-order valence-electron chi connectivity index (χ3n) is 4.71. The van der Waals surface area contributed by atoms with Crippen molar-refractivity contribution >= 4 is 27.5 Å². The lowest BCUT2D eigenvalue weighted by atomic mass is 10.1. The van der Waals surface area contributed by atoms with E-state index in [-0.39, 0.29) is 17.1 Å². The number of hydrogen-bond acceptors (Lipinski definition) is 6. The van der Waals surface area contributed by atoms with Crippen LogP contribution in [-0.2, 0) is 26.0 Å². The van der Waals surface area contributed by atoms with Crippen molar-refractivity contribution in [3.8, 4) is 0 Å². The molecule has 2 aromatic carbocycles. The lowest BCUT2D eigenvalue weighted by Gasteiger charge is -2.32. The molecular weight excluding hydrogens is 398 g/mol. The van der Waals surface area contributed by atoms with E-state index in [9.17, 15) is 28.1 Å². The van der Waals surface area contributed by atoms with Crippen LogP contribution < -0.4 is 0 Å². The van der Waals surface area contributed by atoms with Gasteiger partial charge in [-0.2, -0.15) is 4.31 Å². The first-order valence-electron chi connectivity index (χ1n) is 8.82. The molecule has 3 rings (SSSR count). The molecule has 0 radical (unpaired) electrons. The summed E-state index contributed by atoms with van der Waals surface area (Å²) < 4.78 is 26.4. The second-order valence-electron chi connectivity index (χ2n) is 6.65. The fourth-order valence-corrected chi connectivity index (χ4v) is 4.43. The summed E-state index contributed by atoms with van der Waals surface area (Å²) in [6, 6.07) is 12.8. The topological polar surface area (TPSA) is 118 Å². The zero-order valence-corrected chi connectivity index (χ0v) is 16.5. The van der Waals surface area contributed by atoms with Crippen molar-refractivity contribution in [2.24, 2.45) is 0 Å². The Bertz CT molecular complexity index is 1050. The molecule has 2 amide bonds. The monoisotopic (exact) mass is 417 g/mol. The summed E-state index contributed by atoms with van der Waals surface area (Å²) in [6.07, 6.45) is 0.467. The van der Waals surface area contributed by atoms with Crippen LogP contribution in [0.15, 0.2) is 53.4 Å². The number of hydrogen-bond donors (Lipinski definition) is 0. The Morgan fingerprint density at radius 3 is 2.24 bits per heavy atom. The number of rotatable bonds is 6. The van der Waals surface area contributed by atoms with Crippen molar-refractivity contribution in [2.45, 2.75) is 18.2 Å². The third-order valence-corrected chi connectivity index (χ3v) is 6.50. The molecule has 0 aliphatic carbocycles. The van der Waals surface area contributed by atoms with Gasteiger partial charge in [-0.1, -0.05) is 36.4 Å². The van der Waals surface area contributed by atoms with E-state index < -0.39 is 39.9 Å². The quantitative estimate of drug-likeness (QED) is 0.399. The first-order valence-corrected chi connectivity index (χ1v) is 10.3. The number of nitro groups is 1. The van der Waals surface area contributed by atoms with Crippen molar-refractivity contribution in [2.75, 3.05) is 19.6 Å². The molecule has 1 aliphatic heterocycles. The third kappa shape index (κ3) is 4.33. The molecule has 2 aromatic rings. The average Bonchev–Trinajstić information content (AvgIpc) is 2.68. The summed E-state index contributed by atoms with van der Waals surface area (Å²) in [5, 5.41) is 11.1. The maximum atomic E-state index is 12.8. The van der Waals surface area contributed by atoms with Crippen LogP contribution in [0.25, 0.3) is 0 Å². The Hall–Kier alpha value is -3.11. The van der Waals surface area contributed by atoms with Crippen molar-refractivity contribution in [1.82, 2.24) is 9.21 Å². The lowest BCUT2D eigenvalue weighted by Crippen LogP contribution is -2.55. The number of carbonyl (C=O) groups is 2. The Morgan fingerprint density at radius 1 is 1.03 bits per heavy atom. The Balaban J connectivity index is 1.76. The van der Waals surface area contributed by atoms with Crippen LogP contribution in [0.1, 0.15) is 11.1 Å².